The molecule has 0 saturated carbocycles. The van der Waals surface area contributed by atoms with Crippen LogP contribution in [-0.4, -0.2) is 0 Å². The third kappa shape index (κ3) is 8.05. The predicted molar refractivity (Wildman–Crippen MR) is 61.6 cm³/mol. The Kier molecular flexibility index (Phi) is 15.0. The summed E-state index contributed by atoms with van der Waals surface area (Å²) in [6.45, 7) is 8.48. The van der Waals surface area contributed by atoms with E-state index in [4.69, 9.17) is 0 Å². The van der Waals surface area contributed by atoms with Crippen LogP contribution in [0.3, 0.4) is 0 Å². The SMILES string of the molecule is CC1=C(C)CC=[C-]1.CC1=C(C)CC=[C-]1.[Cl-].[Cl-].[Ti+4]. The zero-order chi connectivity index (χ0) is 10.6. The van der Waals surface area contributed by atoms with Gasteiger partial charge in [0.15, 0.2) is 0 Å². The van der Waals surface area contributed by atoms with Crippen molar-refractivity contribution in [3.63, 3.8) is 0 Å². The maximum Gasteiger partial charge on any atom is 4.00 e. The minimum absolute atomic E-state index is 0. The molecule has 0 N–H and O–H groups in total. The van der Waals surface area contributed by atoms with Gasteiger partial charge in [-0.1, -0.05) is 26.7 Å². The number of allylic oxidation sites excluding steroid dienone is 8. The predicted octanol–water partition coefficient (Wildman–Crippen LogP) is -1.82. The van der Waals surface area contributed by atoms with E-state index in [1.54, 1.807) is 0 Å². The third-order valence-electron chi connectivity index (χ3n) is 2.73. The van der Waals surface area contributed by atoms with Crippen LogP contribution in [0.25, 0.3) is 0 Å². The molecule has 0 atom stereocenters. The van der Waals surface area contributed by atoms with E-state index >= 15 is 0 Å². The molecule has 0 nitrogen and oxygen atoms in total. The summed E-state index contributed by atoms with van der Waals surface area (Å²) in [6.07, 6.45) is 12.6. The second kappa shape index (κ2) is 11.4. The van der Waals surface area contributed by atoms with Crippen LogP contribution in [0.5, 0.6) is 0 Å². The Morgan fingerprint density at radius 3 is 1.12 bits per heavy atom. The van der Waals surface area contributed by atoms with Gasteiger partial charge in [0, 0.05) is 0 Å². The van der Waals surface area contributed by atoms with Crippen LogP contribution in [0, 0.1) is 12.2 Å². The zero-order valence-corrected chi connectivity index (χ0v) is 13.9. The van der Waals surface area contributed by atoms with Gasteiger partial charge in [0.1, 0.15) is 0 Å². The maximum atomic E-state index is 3.12. The Bertz CT molecular complexity index is 302. The molecule has 3 heteroatoms. The zero-order valence-electron chi connectivity index (χ0n) is 10.8. The molecule has 2 aliphatic rings. The standard InChI is InChI=1S/2C7H9.2ClH.Ti/c2*1-6-4-3-5-7(6)2;;;/h2*3H,4H2,1-2H3;2*1H;/q2*-1;;;+4/p-2. The molecule has 0 aromatic carbocycles. The smallest absolute Gasteiger partial charge is 1.00 e. The summed E-state index contributed by atoms with van der Waals surface area (Å²) in [7, 11) is 0. The van der Waals surface area contributed by atoms with E-state index in [1.165, 1.54) is 22.3 Å². The molecule has 0 radical (unpaired) electrons. The van der Waals surface area contributed by atoms with Gasteiger partial charge in [-0.2, -0.15) is 12.2 Å². The first-order valence-corrected chi connectivity index (χ1v) is 5.10. The van der Waals surface area contributed by atoms with Crippen molar-refractivity contribution in [1.82, 2.24) is 0 Å². The number of halogens is 2. The summed E-state index contributed by atoms with van der Waals surface area (Å²) in [5, 5.41) is 0. The van der Waals surface area contributed by atoms with E-state index in [1.807, 2.05) is 0 Å². The Labute approximate surface area is 133 Å². The summed E-state index contributed by atoms with van der Waals surface area (Å²) >= 11 is 0. The molecular weight excluding hydrogens is 287 g/mol. The van der Waals surface area contributed by atoms with Gasteiger partial charge in [0.2, 0.25) is 0 Å². The van der Waals surface area contributed by atoms with Crippen LogP contribution in [0.15, 0.2) is 34.4 Å². The number of hydrogen-bond donors (Lipinski definition) is 0. The van der Waals surface area contributed by atoms with Crippen LogP contribution in [0.1, 0.15) is 40.5 Å². The minimum atomic E-state index is 0. The van der Waals surface area contributed by atoms with Crippen LogP contribution in [-0.2, 0) is 21.7 Å². The second-order valence-electron chi connectivity index (χ2n) is 3.92. The average Bonchev–Trinajstić information content (AvgIpc) is 2.67. The Morgan fingerprint density at radius 2 is 1.06 bits per heavy atom. The molecular formula is C14H18Cl2Ti. The monoisotopic (exact) mass is 304 g/mol. The van der Waals surface area contributed by atoms with Gasteiger partial charge in [-0.3, -0.25) is 12.2 Å². The fourth-order valence-electron chi connectivity index (χ4n) is 1.27. The molecule has 0 aromatic rings. The fourth-order valence-corrected chi connectivity index (χ4v) is 1.27. The van der Waals surface area contributed by atoms with E-state index < -0.39 is 0 Å². The van der Waals surface area contributed by atoms with Gasteiger partial charge in [-0.25, -0.2) is 22.3 Å². The Balaban J connectivity index is -0.000000196. The fraction of sp³-hybridized carbons (Fsp3) is 0.429. The molecule has 0 fully saturated rings. The second-order valence-corrected chi connectivity index (χ2v) is 3.92. The summed E-state index contributed by atoms with van der Waals surface area (Å²) in [4.78, 5) is 0. The summed E-state index contributed by atoms with van der Waals surface area (Å²) < 4.78 is 0. The first-order chi connectivity index (χ1) is 6.61. The van der Waals surface area contributed by atoms with Gasteiger partial charge >= 0.3 is 21.7 Å². The molecule has 17 heavy (non-hydrogen) atoms. The van der Waals surface area contributed by atoms with E-state index in [2.05, 4.69) is 52.0 Å². The quantitative estimate of drug-likeness (QED) is 0.365. The molecule has 92 valence electrons. The molecule has 0 unspecified atom stereocenters. The molecule has 0 aromatic heterocycles. The molecule has 0 amide bonds. The van der Waals surface area contributed by atoms with Gasteiger partial charge in [-0.15, -0.1) is 13.8 Å². The normalized spacial score (nSPS) is 15.8. The topological polar surface area (TPSA) is 0 Å². The van der Waals surface area contributed by atoms with Crippen molar-refractivity contribution in [3.8, 4) is 0 Å². The van der Waals surface area contributed by atoms with Crippen molar-refractivity contribution >= 4 is 0 Å². The summed E-state index contributed by atoms with van der Waals surface area (Å²) in [5.74, 6) is 0. The molecule has 2 rings (SSSR count). The van der Waals surface area contributed by atoms with Gasteiger partial charge in [0.25, 0.3) is 0 Å². The first kappa shape index (κ1) is 22.4. The van der Waals surface area contributed by atoms with E-state index in [0.717, 1.165) is 12.8 Å². The van der Waals surface area contributed by atoms with Gasteiger partial charge in [-0.05, 0) is 0 Å². The molecule has 0 saturated heterocycles. The number of hydrogen-bond acceptors (Lipinski definition) is 0. The van der Waals surface area contributed by atoms with Crippen molar-refractivity contribution in [2.24, 2.45) is 0 Å². The molecule has 0 bridgehead atoms. The van der Waals surface area contributed by atoms with Crippen molar-refractivity contribution in [2.75, 3.05) is 0 Å². The molecule has 0 aliphatic heterocycles. The summed E-state index contributed by atoms with van der Waals surface area (Å²) in [6, 6.07) is 0. The Hall–Kier alpha value is 0.254. The molecule has 2 aliphatic carbocycles. The van der Waals surface area contributed by atoms with Crippen molar-refractivity contribution in [1.29, 1.82) is 0 Å². The first-order valence-electron chi connectivity index (χ1n) is 5.10. The number of rotatable bonds is 0. The van der Waals surface area contributed by atoms with E-state index in [0.29, 0.717) is 0 Å². The minimum Gasteiger partial charge on any atom is -1.00 e. The maximum absolute atomic E-state index is 3.12. The molecule has 0 heterocycles. The molecule has 0 spiro atoms. The summed E-state index contributed by atoms with van der Waals surface area (Å²) in [5.41, 5.74) is 5.56. The average molecular weight is 305 g/mol. The van der Waals surface area contributed by atoms with Crippen molar-refractivity contribution < 1.29 is 46.5 Å². The van der Waals surface area contributed by atoms with E-state index in [9.17, 15) is 0 Å². The third-order valence-corrected chi connectivity index (χ3v) is 2.73. The van der Waals surface area contributed by atoms with Crippen LogP contribution < -0.4 is 24.8 Å². The van der Waals surface area contributed by atoms with Gasteiger partial charge < -0.3 is 24.8 Å². The van der Waals surface area contributed by atoms with Crippen LogP contribution in [0.4, 0.5) is 0 Å². The van der Waals surface area contributed by atoms with Crippen LogP contribution >= 0.6 is 0 Å². The Morgan fingerprint density at radius 1 is 0.765 bits per heavy atom. The van der Waals surface area contributed by atoms with Crippen molar-refractivity contribution in [2.45, 2.75) is 40.5 Å². The van der Waals surface area contributed by atoms with E-state index in [-0.39, 0.29) is 46.5 Å². The largest absolute Gasteiger partial charge is 4.00 e. The van der Waals surface area contributed by atoms with Crippen LogP contribution in [0.2, 0.25) is 0 Å². The van der Waals surface area contributed by atoms with Gasteiger partial charge in [0.05, 0.1) is 0 Å². The van der Waals surface area contributed by atoms with Crippen molar-refractivity contribution in [3.05, 3.63) is 46.6 Å².